The van der Waals surface area contributed by atoms with Gasteiger partial charge in [-0.3, -0.25) is 14.6 Å². The van der Waals surface area contributed by atoms with Gasteiger partial charge in [-0.1, -0.05) is 23.5 Å². The Kier molecular flexibility index (Phi) is 5.24. The molecule has 0 saturated carbocycles. The molecule has 2 saturated heterocycles. The smallest absolute Gasteiger partial charge is 0.300 e. The first-order chi connectivity index (χ1) is 15.4. The van der Waals surface area contributed by atoms with Gasteiger partial charge in [-0.05, 0) is 38.1 Å². The predicted molar refractivity (Wildman–Crippen MR) is 117 cm³/mol. The molecule has 32 heavy (non-hydrogen) atoms. The summed E-state index contributed by atoms with van der Waals surface area (Å²) < 4.78 is 15.4. The fourth-order valence-electron chi connectivity index (χ4n) is 4.70. The molecule has 1 unspecified atom stereocenters. The summed E-state index contributed by atoms with van der Waals surface area (Å²) in [7, 11) is 3.12. The molecule has 0 bridgehead atoms. The molecule has 4 heterocycles. The van der Waals surface area contributed by atoms with E-state index in [-0.39, 0.29) is 11.7 Å². The SMILES string of the molecule is CN1C(=O)C2C(=NC3=[N+]2CC(c2ccc(F)cc2)=NN3CCN2CCCCC2)N(C)C1=O. The minimum Gasteiger partial charge on any atom is -0.300 e. The van der Waals surface area contributed by atoms with Crippen LogP contribution in [-0.2, 0) is 4.79 Å². The molecule has 0 aliphatic carbocycles. The molecule has 3 amide bonds. The first kappa shape index (κ1) is 20.7. The van der Waals surface area contributed by atoms with E-state index in [1.54, 1.807) is 19.2 Å². The highest BCUT2D eigenvalue weighted by molar-refractivity contribution is 6.23. The first-order valence-electron chi connectivity index (χ1n) is 11.0. The summed E-state index contributed by atoms with van der Waals surface area (Å²) in [4.78, 5) is 35.2. The van der Waals surface area contributed by atoms with Crippen LogP contribution in [0.1, 0.15) is 24.8 Å². The number of hydrogen-bond acceptors (Lipinski definition) is 6. The van der Waals surface area contributed by atoms with Crippen molar-refractivity contribution in [1.82, 2.24) is 19.7 Å². The van der Waals surface area contributed by atoms with Crippen molar-refractivity contribution in [3.8, 4) is 0 Å². The molecule has 1 aromatic carbocycles. The molecule has 4 aliphatic heterocycles. The third kappa shape index (κ3) is 3.48. The van der Waals surface area contributed by atoms with Gasteiger partial charge in [-0.2, -0.15) is 0 Å². The van der Waals surface area contributed by atoms with Crippen molar-refractivity contribution in [2.24, 2.45) is 10.1 Å². The van der Waals surface area contributed by atoms with Crippen LogP contribution in [0.3, 0.4) is 0 Å². The van der Waals surface area contributed by atoms with Gasteiger partial charge in [-0.25, -0.2) is 13.8 Å². The van der Waals surface area contributed by atoms with Gasteiger partial charge in [0.05, 0.1) is 0 Å². The van der Waals surface area contributed by atoms with Crippen LogP contribution in [0.2, 0.25) is 0 Å². The number of piperidine rings is 1. The molecule has 5 rings (SSSR count). The number of carbonyl (C=O) groups is 2. The fraction of sp³-hybridized carbons (Fsp3) is 0.500. The third-order valence-electron chi connectivity index (χ3n) is 6.56. The van der Waals surface area contributed by atoms with E-state index in [1.807, 2.05) is 9.58 Å². The van der Waals surface area contributed by atoms with E-state index < -0.39 is 12.1 Å². The number of halogens is 1. The largest absolute Gasteiger partial charge is 0.416 e. The van der Waals surface area contributed by atoms with E-state index >= 15 is 0 Å². The maximum atomic E-state index is 13.5. The zero-order valence-electron chi connectivity index (χ0n) is 18.4. The topological polar surface area (TPSA) is 74.8 Å². The van der Waals surface area contributed by atoms with Gasteiger partial charge < -0.3 is 4.90 Å². The first-order valence-corrected chi connectivity index (χ1v) is 11.0. The Balaban J connectivity index is 1.48. The fourth-order valence-corrected chi connectivity index (χ4v) is 4.70. The van der Waals surface area contributed by atoms with Crippen molar-refractivity contribution in [2.75, 3.05) is 46.8 Å². The Hall–Kier alpha value is -3.14. The summed E-state index contributed by atoms with van der Waals surface area (Å²) in [5.41, 5.74) is 1.53. The van der Waals surface area contributed by atoms with Crippen LogP contribution >= 0.6 is 0 Å². The van der Waals surface area contributed by atoms with Gasteiger partial charge in [0.2, 0.25) is 11.9 Å². The second kappa shape index (κ2) is 8.09. The number of urea groups is 1. The van der Waals surface area contributed by atoms with Gasteiger partial charge in [0, 0.05) is 26.2 Å². The van der Waals surface area contributed by atoms with Crippen molar-refractivity contribution in [2.45, 2.75) is 25.3 Å². The molecule has 2 fully saturated rings. The van der Waals surface area contributed by atoms with E-state index in [2.05, 4.69) is 4.90 Å². The number of guanidine groups is 1. The summed E-state index contributed by atoms with van der Waals surface area (Å²) >= 11 is 0. The highest BCUT2D eigenvalue weighted by Gasteiger charge is 2.54. The number of carbonyl (C=O) groups excluding carboxylic acids is 2. The quantitative estimate of drug-likeness (QED) is 0.655. The zero-order chi connectivity index (χ0) is 22.4. The zero-order valence-corrected chi connectivity index (χ0v) is 18.4. The van der Waals surface area contributed by atoms with Crippen LogP contribution in [0.4, 0.5) is 9.18 Å². The van der Waals surface area contributed by atoms with Crippen LogP contribution in [0.25, 0.3) is 0 Å². The summed E-state index contributed by atoms with van der Waals surface area (Å²) in [6.45, 7) is 3.93. The Morgan fingerprint density at radius 1 is 1.03 bits per heavy atom. The number of amides is 3. The highest BCUT2D eigenvalue weighted by Crippen LogP contribution is 2.23. The molecule has 10 heteroatoms. The third-order valence-corrected chi connectivity index (χ3v) is 6.56. The van der Waals surface area contributed by atoms with Gasteiger partial charge in [0.15, 0.2) is 0 Å². The van der Waals surface area contributed by atoms with E-state index in [1.165, 1.54) is 43.3 Å². The lowest BCUT2D eigenvalue weighted by atomic mass is 10.1. The molecule has 1 atom stereocenters. The van der Waals surface area contributed by atoms with Gasteiger partial charge in [0.25, 0.3) is 5.91 Å². The maximum absolute atomic E-state index is 13.5. The minimum absolute atomic E-state index is 0.307. The number of aliphatic imine (C=N–C) groups is 1. The van der Waals surface area contributed by atoms with Gasteiger partial charge in [0.1, 0.15) is 24.6 Å². The average Bonchev–Trinajstić information content (AvgIpc) is 3.21. The molecule has 0 radical (unpaired) electrons. The van der Waals surface area contributed by atoms with Crippen molar-refractivity contribution in [3.63, 3.8) is 0 Å². The number of likely N-dealkylation sites (N-methyl/N-ethyl adjacent to an activating group) is 2. The van der Waals surface area contributed by atoms with Gasteiger partial charge in [-0.15, -0.1) is 10.1 Å². The lowest BCUT2D eigenvalue weighted by Crippen LogP contribution is -2.62. The summed E-state index contributed by atoms with van der Waals surface area (Å²) in [5, 5.41) is 6.67. The standard InChI is InChI=1S/C22H27FN7O2/c1-26-19-18(20(31)27(2)22(26)32)29-14-17(15-6-8-16(23)9-7-15)25-30(21(29)24-19)13-12-28-10-4-3-5-11-28/h6-9,18H,3-5,10-14H2,1-2H3/q+1. The van der Waals surface area contributed by atoms with E-state index in [4.69, 9.17) is 10.1 Å². The maximum Gasteiger partial charge on any atom is 0.416 e. The molecule has 0 N–H and O–H groups in total. The normalized spacial score (nSPS) is 24.0. The highest BCUT2D eigenvalue weighted by atomic mass is 19.1. The van der Waals surface area contributed by atoms with Gasteiger partial charge >= 0.3 is 12.0 Å². The average molecular weight is 441 g/mol. The van der Waals surface area contributed by atoms with Crippen LogP contribution in [0.5, 0.6) is 0 Å². The summed E-state index contributed by atoms with van der Waals surface area (Å²) in [6.07, 6.45) is 3.67. The van der Waals surface area contributed by atoms with Crippen molar-refractivity contribution < 1.29 is 18.6 Å². The Bertz CT molecular complexity index is 1040. The molecular weight excluding hydrogens is 413 g/mol. The lowest BCUT2D eigenvalue weighted by Gasteiger charge is -2.32. The van der Waals surface area contributed by atoms with Crippen LogP contribution in [0.15, 0.2) is 34.4 Å². The van der Waals surface area contributed by atoms with Crippen LogP contribution in [0, 0.1) is 5.82 Å². The van der Waals surface area contributed by atoms with Crippen molar-refractivity contribution in [1.29, 1.82) is 0 Å². The number of hydrazone groups is 1. The van der Waals surface area contributed by atoms with Crippen LogP contribution < -0.4 is 0 Å². The Morgan fingerprint density at radius 2 is 1.75 bits per heavy atom. The monoisotopic (exact) mass is 440 g/mol. The number of fused-ring (bicyclic) bond motifs is 2. The van der Waals surface area contributed by atoms with E-state index in [0.29, 0.717) is 24.9 Å². The Labute approximate surface area is 186 Å². The number of hydrogen-bond donors (Lipinski definition) is 0. The van der Waals surface area contributed by atoms with Crippen molar-refractivity contribution >= 4 is 29.4 Å². The summed E-state index contributed by atoms with van der Waals surface area (Å²) in [5.74, 6) is 0.386. The second-order valence-electron chi connectivity index (χ2n) is 8.62. The molecule has 9 nitrogen and oxygen atoms in total. The molecule has 168 valence electrons. The van der Waals surface area contributed by atoms with Crippen molar-refractivity contribution in [3.05, 3.63) is 35.6 Å². The number of rotatable bonds is 4. The number of amidine groups is 1. The lowest BCUT2D eigenvalue weighted by molar-refractivity contribution is -0.527. The van der Waals surface area contributed by atoms with E-state index in [0.717, 1.165) is 35.8 Å². The Morgan fingerprint density at radius 3 is 2.47 bits per heavy atom. The minimum atomic E-state index is -0.680. The number of imide groups is 1. The predicted octanol–water partition coefficient (Wildman–Crippen LogP) is 1.00. The van der Waals surface area contributed by atoms with E-state index in [9.17, 15) is 14.0 Å². The molecule has 4 aliphatic rings. The number of benzene rings is 1. The van der Waals surface area contributed by atoms with Crippen LogP contribution in [-0.4, -0.2) is 107 Å². The number of likely N-dealkylation sites (tertiary alicyclic amines) is 1. The summed E-state index contributed by atoms with van der Waals surface area (Å²) in [6, 6.07) is 5.14. The molecule has 1 aromatic rings. The molecular formula is C22H27FN7O2+. The second-order valence-corrected chi connectivity index (χ2v) is 8.62. The molecule has 0 spiro atoms. The molecule has 0 aromatic heterocycles. The number of nitrogens with zero attached hydrogens (tertiary/aromatic N) is 7.